The van der Waals surface area contributed by atoms with Crippen LogP contribution in [0, 0.1) is 13.8 Å². The van der Waals surface area contributed by atoms with Crippen LogP contribution in [0.5, 0.6) is 0 Å². The largest absolute Gasteiger partial charge is 0.334 e. The van der Waals surface area contributed by atoms with Gasteiger partial charge in [-0.15, -0.1) is 11.3 Å². The Balaban J connectivity index is 1.57. The lowest BCUT2D eigenvalue weighted by molar-refractivity contribution is 0.0777. The molecule has 1 amide bonds. The van der Waals surface area contributed by atoms with E-state index in [1.54, 1.807) is 31.4 Å². The number of benzene rings is 1. The minimum atomic E-state index is -0.182. The van der Waals surface area contributed by atoms with Crippen LogP contribution >= 0.6 is 23.1 Å². The number of carbonyl (C=O) groups is 1. The first-order valence-electron chi connectivity index (χ1n) is 9.34. The highest BCUT2D eigenvalue weighted by Gasteiger charge is 2.19. The standard InChI is InChI=1S/C22H20N4O2S2/c1-13-6-7-15(11-14(13)2)30-21-16(5-4-9-23-21)22(28)26(3)12-18-24-17-8-10-29-19(17)20(27)25-18/h4-11H,12H2,1-3H3,(H,24,25,27). The van der Waals surface area contributed by atoms with Crippen molar-refractivity contribution in [2.45, 2.75) is 30.3 Å². The van der Waals surface area contributed by atoms with E-state index in [9.17, 15) is 9.59 Å². The number of fused-ring (bicyclic) bond motifs is 1. The Morgan fingerprint density at radius 3 is 2.83 bits per heavy atom. The molecule has 0 unspecified atom stereocenters. The highest BCUT2D eigenvalue weighted by Crippen LogP contribution is 2.30. The molecule has 1 aromatic carbocycles. The maximum Gasteiger partial charge on any atom is 0.268 e. The lowest BCUT2D eigenvalue weighted by atomic mass is 10.1. The monoisotopic (exact) mass is 436 g/mol. The number of aromatic nitrogens is 3. The highest BCUT2D eigenvalue weighted by atomic mass is 32.2. The van der Waals surface area contributed by atoms with Crippen LogP contribution in [0.25, 0.3) is 10.2 Å². The molecular formula is C22H20N4O2S2. The second-order valence-corrected chi connectivity index (χ2v) is 8.99. The van der Waals surface area contributed by atoms with Crippen LogP contribution in [0.1, 0.15) is 27.3 Å². The van der Waals surface area contributed by atoms with Crippen molar-refractivity contribution in [1.82, 2.24) is 19.9 Å². The predicted octanol–water partition coefficient (Wildman–Crippen LogP) is 4.42. The number of nitrogens with one attached hydrogen (secondary N) is 1. The first kappa shape index (κ1) is 20.3. The average molecular weight is 437 g/mol. The quantitative estimate of drug-likeness (QED) is 0.501. The average Bonchev–Trinajstić information content (AvgIpc) is 3.20. The number of nitrogens with zero attached hydrogens (tertiary/aromatic N) is 3. The zero-order valence-electron chi connectivity index (χ0n) is 16.8. The van der Waals surface area contributed by atoms with E-state index in [-0.39, 0.29) is 18.0 Å². The fourth-order valence-electron chi connectivity index (χ4n) is 3.02. The second kappa shape index (κ2) is 8.41. The zero-order chi connectivity index (χ0) is 21.3. The van der Waals surface area contributed by atoms with E-state index in [4.69, 9.17) is 0 Å². The molecule has 1 N–H and O–H groups in total. The SMILES string of the molecule is Cc1ccc(Sc2ncccc2C(=O)N(C)Cc2nc3ccsc3c(=O)[nH]2)cc1C. The summed E-state index contributed by atoms with van der Waals surface area (Å²) in [7, 11) is 1.69. The van der Waals surface area contributed by atoms with Crippen LogP contribution in [-0.2, 0) is 6.54 Å². The van der Waals surface area contributed by atoms with Crippen molar-refractivity contribution >= 4 is 39.2 Å². The Bertz CT molecular complexity index is 1300. The van der Waals surface area contributed by atoms with E-state index < -0.39 is 0 Å². The van der Waals surface area contributed by atoms with Gasteiger partial charge in [0.15, 0.2) is 0 Å². The topological polar surface area (TPSA) is 79.0 Å². The van der Waals surface area contributed by atoms with Crippen molar-refractivity contribution in [3.8, 4) is 0 Å². The van der Waals surface area contributed by atoms with Gasteiger partial charge in [-0.1, -0.05) is 17.8 Å². The number of aromatic amines is 1. The van der Waals surface area contributed by atoms with Crippen LogP contribution < -0.4 is 5.56 Å². The molecule has 30 heavy (non-hydrogen) atoms. The molecular weight excluding hydrogens is 416 g/mol. The third-order valence-corrected chi connectivity index (χ3v) is 6.70. The molecule has 4 aromatic rings. The molecule has 0 fully saturated rings. The fraction of sp³-hybridized carbons (Fsp3) is 0.182. The van der Waals surface area contributed by atoms with Crippen molar-refractivity contribution in [2.75, 3.05) is 7.05 Å². The van der Waals surface area contributed by atoms with E-state index >= 15 is 0 Å². The zero-order valence-corrected chi connectivity index (χ0v) is 18.4. The van der Waals surface area contributed by atoms with Gasteiger partial charge in [-0.05, 0) is 60.7 Å². The molecule has 6 nitrogen and oxygen atoms in total. The van der Waals surface area contributed by atoms with Gasteiger partial charge in [0, 0.05) is 18.1 Å². The van der Waals surface area contributed by atoms with Crippen LogP contribution in [0.3, 0.4) is 0 Å². The summed E-state index contributed by atoms with van der Waals surface area (Å²) >= 11 is 2.82. The normalized spacial score (nSPS) is 11.0. The van der Waals surface area contributed by atoms with Gasteiger partial charge in [0.1, 0.15) is 15.6 Å². The van der Waals surface area contributed by atoms with Crippen LogP contribution in [0.2, 0.25) is 0 Å². The summed E-state index contributed by atoms with van der Waals surface area (Å²) in [4.78, 5) is 39.5. The molecule has 4 rings (SSSR count). The number of H-pyrrole nitrogens is 1. The molecule has 152 valence electrons. The Hall–Kier alpha value is -2.97. The lowest BCUT2D eigenvalue weighted by Gasteiger charge is -2.18. The number of rotatable bonds is 5. The molecule has 8 heteroatoms. The van der Waals surface area contributed by atoms with Crippen LogP contribution in [0.15, 0.2) is 62.7 Å². The Morgan fingerprint density at radius 1 is 1.20 bits per heavy atom. The minimum absolute atomic E-state index is 0.178. The molecule has 0 atom stereocenters. The molecule has 0 bridgehead atoms. The summed E-state index contributed by atoms with van der Waals surface area (Å²) in [5, 5.41) is 2.48. The smallest absolute Gasteiger partial charge is 0.268 e. The Morgan fingerprint density at radius 2 is 2.03 bits per heavy atom. The van der Waals surface area contributed by atoms with Gasteiger partial charge < -0.3 is 9.88 Å². The van der Waals surface area contributed by atoms with Crippen LogP contribution in [0.4, 0.5) is 0 Å². The van der Waals surface area contributed by atoms with E-state index in [0.717, 1.165) is 4.90 Å². The molecule has 3 heterocycles. The summed E-state index contributed by atoms with van der Waals surface area (Å²) in [5.41, 5.74) is 3.40. The van der Waals surface area contributed by atoms with E-state index in [1.165, 1.54) is 39.1 Å². The number of aryl methyl sites for hydroxylation is 2. The predicted molar refractivity (Wildman–Crippen MR) is 120 cm³/mol. The minimum Gasteiger partial charge on any atom is -0.334 e. The van der Waals surface area contributed by atoms with Gasteiger partial charge >= 0.3 is 0 Å². The van der Waals surface area contributed by atoms with E-state index in [0.29, 0.717) is 26.6 Å². The van der Waals surface area contributed by atoms with Crippen molar-refractivity contribution in [2.24, 2.45) is 0 Å². The molecule has 0 aliphatic heterocycles. The van der Waals surface area contributed by atoms with E-state index in [1.807, 2.05) is 11.4 Å². The second-order valence-electron chi connectivity index (χ2n) is 7.01. The number of hydrogen-bond acceptors (Lipinski definition) is 6. The summed E-state index contributed by atoms with van der Waals surface area (Å²) < 4.78 is 0.590. The molecule has 3 aromatic heterocycles. The maximum absolute atomic E-state index is 13.1. The Kier molecular flexibility index (Phi) is 5.69. The maximum atomic E-state index is 13.1. The molecule has 0 spiro atoms. The summed E-state index contributed by atoms with van der Waals surface area (Å²) in [6.45, 7) is 4.33. The van der Waals surface area contributed by atoms with Gasteiger partial charge in [0.2, 0.25) is 0 Å². The van der Waals surface area contributed by atoms with E-state index in [2.05, 4.69) is 40.9 Å². The lowest BCUT2D eigenvalue weighted by Crippen LogP contribution is -2.28. The number of hydrogen-bond donors (Lipinski definition) is 1. The van der Waals surface area contributed by atoms with Crippen molar-refractivity contribution < 1.29 is 4.79 Å². The fourth-order valence-corrected chi connectivity index (χ4v) is 4.72. The summed E-state index contributed by atoms with van der Waals surface area (Å²) in [6, 6.07) is 11.5. The number of carbonyl (C=O) groups excluding carboxylic acids is 1. The van der Waals surface area contributed by atoms with Gasteiger partial charge in [-0.3, -0.25) is 9.59 Å². The summed E-state index contributed by atoms with van der Waals surface area (Å²) in [5.74, 6) is 0.275. The van der Waals surface area contributed by atoms with Gasteiger partial charge in [-0.25, -0.2) is 9.97 Å². The highest BCUT2D eigenvalue weighted by molar-refractivity contribution is 7.99. The van der Waals surface area contributed by atoms with Gasteiger partial charge in [-0.2, -0.15) is 0 Å². The van der Waals surface area contributed by atoms with Crippen molar-refractivity contribution in [3.63, 3.8) is 0 Å². The number of pyridine rings is 1. The third kappa shape index (κ3) is 4.15. The first-order chi connectivity index (χ1) is 14.4. The molecule has 0 saturated carbocycles. The first-order valence-corrected chi connectivity index (χ1v) is 11.0. The Labute approximate surface area is 182 Å². The molecule has 0 saturated heterocycles. The summed E-state index contributed by atoms with van der Waals surface area (Å²) in [6.07, 6.45) is 1.68. The number of amides is 1. The third-order valence-electron chi connectivity index (χ3n) is 4.79. The van der Waals surface area contributed by atoms with Crippen molar-refractivity contribution in [3.05, 3.63) is 80.8 Å². The molecule has 0 aliphatic carbocycles. The van der Waals surface area contributed by atoms with Gasteiger partial charge in [0.05, 0.1) is 17.6 Å². The molecule has 0 radical (unpaired) electrons. The number of thiophene rings is 1. The van der Waals surface area contributed by atoms with Gasteiger partial charge in [0.25, 0.3) is 11.5 Å². The molecule has 0 aliphatic rings. The van der Waals surface area contributed by atoms with Crippen LogP contribution in [-0.4, -0.2) is 32.8 Å². The van der Waals surface area contributed by atoms with Crippen molar-refractivity contribution in [1.29, 1.82) is 0 Å².